The van der Waals surface area contributed by atoms with Crippen molar-refractivity contribution in [3.8, 4) is 11.5 Å². The second kappa shape index (κ2) is 11.9. The highest BCUT2D eigenvalue weighted by Gasteiger charge is 2.32. The van der Waals surface area contributed by atoms with Gasteiger partial charge in [0.1, 0.15) is 18.8 Å². The molecule has 8 nitrogen and oxygen atoms in total. The van der Waals surface area contributed by atoms with Crippen molar-refractivity contribution in [3.05, 3.63) is 59.2 Å². The van der Waals surface area contributed by atoms with Crippen LogP contribution in [0.4, 0.5) is 0 Å². The van der Waals surface area contributed by atoms with Gasteiger partial charge in [0.05, 0.1) is 7.11 Å². The van der Waals surface area contributed by atoms with Crippen molar-refractivity contribution in [2.75, 3.05) is 46.4 Å². The molecule has 1 aliphatic rings. The Morgan fingerprint density at radius 1 is 0.971 bits per heavy atom. The highest BCUT2D eigenvalue weighted by molar-refractivity contribution is 5.82. The van der Waals surface area contributed by atoms with Gasteiger partial charge in [0.2, 0.25) is 5.91 Å². The van der Waals surface area contributed by atoms with Crippen molar-refractivity contribution >= 4 is 11.9 Å². The third-order valence-electron chi connectivity index (χ3n) is 6.15. The van der Waals surface area contributed by atoms with E-state index in [1.165, 1.54) is 6.92 Å². The molecule has 2 N–H and O–H groups in total. The first-order valence-electron chi connectivity index (χ1n) is 11.5. The van der Waals surface area contributed by atoms with E-state index in [4.69, 9.17) is 19.9 Å². The lowest BCUT2D eigenvalue weighted by atomic mass is 9.94. The minimum atomic E-state index is -0.457. The zero-order chi connectivity index (χ0) is 24.7. The van der Waals surface area contributed by atoms with E-state index in [-0.39, 0.29) is 18.5 Å². The second-order valence-electron chi connectivity index (χ2n) is 8.64. The molecule has 0 radical (unpaired) electrons. The van der Waals surface area contributed by atoms with E-state index in [2.05, 4.69) is 9.80 Å². The zero-order valence-corrected chi connectivity index (χ0v) is 20.5. The fourth-order valence-corrected chi connectivity index (χ4v) is 4.54. The summed E-state index contributed by atoms with van der Waals surface area (Å²) in [6.07, 6.45) is -0.431. The summed E-state index contributed by atoms with van der Waals surface area (Å²) < 4.78 is 16.8. The minimum Gasteiger partial charge on any atom is -0.493 e. The number of primary amides is 1. The fourth-order valence-electron chi connectivity index (χ4n) is 4.54. The Bertz CT molecular complexity index is 968. The standard InChI is InChI=1S/C26H35N3O5/c1-18-8-7-9-19(2)24(18)25(26(27)31)29-14-12-28(13-15-29)16-21(34-20(3)30)17-33-23-11-6-5-10-22(23)32-4/h5-11,21,25H,12-17H2,1-4H3,(H2,27,31). The molecule has 2 atom stereocenters. The number of hydrogen-bond acceptors (Lipinski definition) is 7. The normalized spacial score (nSPS) is 16.5. The Hall–Kier alpha value is -3.10. The molecule has 1 aliphatic heterocycles. The number of nitrogens with two attached hydrogens (primary N) is 1. The molecular formula is C26H35N3O5. The molecule has 0 saturated carbocycles. The van der Waals surface area contributed by atoms with Gasteiger partial charge in [-0.05, 0) is 42.7 Å². The lowest BCUT2D eigenvalue weighted by Gasteiger charge is -2.39. The number of hydrogen-bond donors (Lipinski definition) is 1. The van der Waals surface area contributed by atoms with Crippen LogP contribution in [0.3, 0.4) is 0 Å². The monoisotopic (exact) mass is 469 g/mol. The molecule has 8 heteroatoms. The van der Waals surface area contributed by atoms with Crippen LogP contribution in [0.5, 0.6) is 11.5 Å². The number of amides is 1. The molecule has 34 heavy (non-hydrogen) atoms. The number of piperazine rings is 1. The molecule has 1 amide bonds. The Labute approximate surface area is 201 Å². The largest absolute Gasteiger partial charge is 0.493 e. The number of ether oxygens (including phenoxy) is 3. The molecular weight excluding hydrogens is 434 g/mol. The van der Waals surface area contributed by atoms with Crippen LogP contribution in [0.1, 0.15) is 29.7 Å². The lowest BCUT2D eigenvalue weighted by Crippen LogP contribution is -2.52. The second-order valence-corrected chi connectivity index (χ2v) is 8.64. The average molecular weight is 470 g/mol. The average Bonchev–Trinajstić information content (AvgIpc) is 2.80. The summed E-state index contributed by atoms with van der Waals surface area (Å²) in [4.78, 5) is 28.5. The number of methoxy groups -OCH3 is 1. The summed E-state index contributed by atoms with van der Waals surface area (Å²) in [5.74, 6) is 0.538. The van der Waals surface area contributed by atoms with E-state index in [1.54, 1.807) is 7.11 Å². The zero-order valence-electron chi connectivity index (χ0n) is 20.5. The molecule has 0 aromatic heterocycles. The first-order valence-corrected chi connectivity index (χ1v) is 11.5. The van der Waals surface area contributed by atoms with Crippen LogP contribution in [0, 0.1) is 13.8 Å². The molecule has 2 unspecified atom stereocenters. The maximum atomic E-state index is 12.4. The van der Waals surface area contributed by atoms with Crippen LogP contribution < -0.4 is 15.2 Å². The summed E-state index contributed by atoms with van der Waals surface area (Å²) in [6, 6.07) is 12.9. The molecule has 0 aliphatic carbocycles. The highest BCUT2D eigenvalue weighted by atomic mass is 16.6. The van der Waals surface area contributed by atoms with Crippen LogP contribution in [-0.4, -0.2) is 74.2 Å². The molecule has 0 spiro atoms. The van der Waals surface area contributed by atoms with E-state index < -0.39 is 12.1 Å². The van der Waals surface area contributed by atoms with Crippen molar-refractivity contribution in [1.82, 2.24) is 9.80 Å². The van der Waals surface area contributed by atoms with Gasteiger partial charge in [0.25, 0.3) is 0 Å². The number of rotatable bonds is 10. The van der Waals surface area contributed by atoms with Crippen molar-refractivity contribution < 1.29 is 23.8 Å². The van der Waals surface area contributed by atoms with Gasteiger partial charge in [-0.15, -0.1) is 0 Å². The third kappa shape index (κ3) is 6.48. The van der Waals surface area contributed by atoms with E-state index in [1.807, 2.05) is 56.3 Å². The lowest BCUT2D eigenvalue weighted by molar-refractivity contribution is -0.149. The molecule has 3 rings (SSSR count). The Morgan fingerprint density at radius 2 is 1.59 bits per heavy atom. The third-order valence-corrected chi connectivity index (χ3v) is 6.15. The number of aryl methyl sites for hydroxylation is 2. The minimum absolute atomic E-state index is 0.215. The molecule has 1 heterocycles. The molecule has 2 aromatic rings. The first kappa shape index (κ1) is 25.5. The van der Waals surface area contributed by atoms with Gasteiger partial charge >= 0.3 is 5.97 Å². The Kier molecular flexibility index (Phi) is 8.90. The molecule has 1 saturated heterocycles. The van der Waals surface area contributed by atoms with Crippen molar-refractivity contribution in [1.29, 1.82) is 0 Å². The van der Waals surface area contributed by atoms with Crippen molar-refractivity contribution in [3.63, 3.8) is 0 Å². The van der Waals surface area contributed by atoms with Gasteiger partial charge in [-0.1, -0.05) is 30.3 Å². The van der Waals surface area contributed by atoms with Crippen LogP contribution >= 0.6 is 0 Å². The van der Waals surface area contributed by atoms with Gasteiger partial charge in [-0.2, -0.15) is 0 Å². The number of para-hydroxylation sites is 2. The molecule has 2 aromatic carbocycles. The Morgan fingerprint density at radius 3 is 2.15 bits per heavy atom. The predicted molar refractivity (Wildman–Crippen MR) is 130 cm³/mol. The maximum absolute atomic E-state index is 12.4. The molecule has 1 fully saturated rings. The van der Waals surface area contributed by atoms with Gasteiger partial charge in [0.15, 0.2) is 11.5 Å². The number of nitrogens with zero attached hydrogens (tertiary/aromatic N) is 2. The topological polar surface area (TPSA) is 94.3 Å². The van der Waals surface area contributed by atoms with Gasteiger partial charge in [0, 0.05) is 39.6 Å². The van der Waals surface area contributed by atoms with Gasteiger partial charge < -0.3 is 19.9 Å². The number of carbonyl (C=O) groups is 2. The molecule has 184 valence electrons. The SMILES string of the molecule is COc1ccccc1OCC(CN1CCN(C(C(N)=O)c2c(C)cccc2C)CC1)OC(C)=O. The van der Waals surface area contributed by atoms with Crippen molar-refractivity contribution in [2.45, 2.75) is 32.9 Å². The smallest absolute Gasteiger partial charge is 0.303 e. The predicted octanol–water partition coefficient (Wildman–Crippen LogP) is 2.47. The van der Waals surface area contributed by atoms with Gasteiger partial charge in [-0.25, -0.2) is 0 Å². The summed E-state index contributed by atoms with van der Waals surface area (Å²) in [5.41, 5.74) is 8.97. The van der Waals surface area contributed by atoms with E-state index in [9.17, 15) is 9.59 Å². The highest BCUT2D eigenvalue weighted by Crippen LogP contribution is 2.28. The fraction of sp³-hybridized carbons (Fsp3) is 0.462. The van der Waals surface area contributed by atoms with Crippen molar-refractivity contribution in [2.24, 2.45) is 5.73 Å². The van der Waals surface area contributed by atoms with E-state index >= 15 is 0 Å². The van der Waals surface area contributed by atoms with Crippen LogP contribution in [0.25, 0.3) is 0 Å². The quantitative estimate of drug-likeness (QED) is 0.534. The van der Waals surface area contributed by atoms with E-state index in [0.29, 0.717) is 31.1 Å². The number of carbonyl (C=O) groups excluding carboxylic acids is 2. The summed E-state index contributed by atoms with van der Waals surface area (Å²) in [7, 11) is 1.59. The van der Waals surface area contributed by atoms with E-state index in [0.717, 1.165) is 29.8 Å². The van der Waals surface area contributed by atoms with Crippen LogP contribution in [-0.2, 0) is 14.3 Å². The van der Waals surface area contributed by atoms with Crippen LogP contribution in [0.15, 0.2) is 42.5 Å². The Balaban J connectivity index is 1.62. The summed E-state index contributed by atoms with van der Waals surface area (Å²) in [6.45, 7) is 8.99. The van der Waals surface area contributed by atoms with Crippen LogP contribution in [0.2, 0.25) is 0 Å². The first-order chi connectivity index (χ1) is 16.3. The summed E-state index contributed by atoms with van der Waals surface area (Å²) >= 11 is 0. The summed E-state index contributed by atoms with van der Waals surface area (Å²) in [5, 5.41) is 0. The van der Waals surface area contributed by atoms with Gasteiger partial charge in [-0.3, -0.25) is 19.4 Å². The number of benzene rings is 2. The maximum Gasteiger partial charge on any atom is 0.303 e. The number of esters is 1. The molecule has 0 bridgehead atoms.